The van der Waals surface area contributed by atoms with E-state index in [9.17, 15) is 28.0 Å². The molecule has 0 aliphatic rings. The molecule has 2 amide bonds. The van der Waals surface area contributed by atoms with Crippen LogP contribution in [0.2, 0.25) is 10.0 Å². The fourth-order valence-corrected chi connectivity index (χ4v) is 5.88. The number of rotatable bonds is 8. The van der Waals surface area contributed by atoms with Crippen molar-refractivity contribution in [2.75, 3.05) is 20.6 Å². The van der Waals surface area contributed by atoms with E-state index in [1.54, 1.807) is 32.3 Å². The zero-order chi connectivity index (χ0) is 36.8. The predicted octanol–water partition coefficient (Wildman–Crippen LogP) is 8.67. The van der Waals surface area contributed by atoms with Gasteiger partial charge in [-0.2, -0.15) is 0 Å². The van der Waals surface area contributed by atoms with E-state index in [0.717, 1.165) is 12.0 Å². The Labute approximate surface area is 301 Å². The molecule has 0 atom stereocenters. The van der Waals surface area contributed by atoms with E-state index in [1.165, 1.54) is 59.5 Å². The molecule has 6 aromatic rings. The van der Waals surface area contributed by atoms with Crippen molar-refractivity contribution in [1.82, 2.24) is 10.2 Å². The number of nitrogens with zero attached hydrogens (tertiary/aromatic N) is 1. The lowest BCUT2D eigenvalue weighted by atomic mass is 9.99. The largest absolute Gasteiger partial charge is 0.423 e. The van der Waals surface area contributed by atoms with Crippen molar-refractivity contribution < 1.29 is 27.2 Å². The van der Waals surface area contributed by atoms with Gasteiger partial charge in [0.1, 0.15) is 22.8 Å². The zero-order valence-corrected chi connectivity index (χ0v) is 29.3. The van der Waals surface area contributed by atoms with Crippen molar-refractivity contribution in [2.45, 2.75) is 26.2 Å². The maximum atomic E-state index is 13.3. The average Bonchev–Trinajstić information content (AvgIpc) is 3.08. The first-order valence-corrected chi connectivity index (χ1v) is 16.6. The quantitative estimate of drug-likeness (QED) is 0.157. The van der Waals surface area contributed by atoms with Crippen LogP contribution >= 0.6 is 23.2 Å². The van der Waals surface area contributed by atoms with E-state index >= 15 is 0 Å². The Morgan fingerprint density at radius 1 is 0.706 bits per heavy atom. The number of aryl methyl sites for hydroxylation is 1. The van der Waals surface area contributed by atoms with Gasteiger partial charge in [-0.25, -0.2) is 18.4 Å². The lowest BCUT2D eigenvalue weighted by Gasteiger charge is -2.11. The van der Waals surface area contributed by atoms with Gasteiger partial charge in [-0.15, -0.1) is 0 Å². The molecule has 0 spiro atoms. The van der Waals surface area contributed by atoms with E-state index in [0.29, 0.717) is 63.6 Å². The number of halogens is 4. The first-order chi connectivity index (χ1) is 24.3. The van der Waals surface area contributed by atoms with Gasteiger partial charge < -0.3 is 19.1 Å². The lowest BCUT2D eigenvalue weighted by molar-refractivity contribution is -0.128. The number of carbonyl (C=O) groups is 2. The summed E-state index contributed by atoms with van der Waals surface area (Å²) in [6, 6.07) is 21.0. The third kappa shape index (κ3) is 8.89. The summed E-state index contributed by atoms with van der Waals surface area (Å²) in [6.07, 6.45) is 1.73. The monoisotopic (exact) mass is 732 g/mol. The molecule has 0 aliphatic carbocycles. The van der Waals surface area contributed by atoms with Crippen molar-refractivity contribution in [3.05, 3.63) is 139 Å². The molecule has 0 unspecified atom stereocenters. The Hall–Kier alpha value is -5.32. The highest BCUT2D eigenvalue weighted by atomic mass is 35.5. The van der Waals surface area contributed by atoms with Crippen LogP contribution < -0.4 is 16.6 Å². The van der Waals surface area contributed by atoms with Crippen LogP contribution in [0.25, 0.3) is 44.2 Å². The summed E-state index contributed by atoms with van der Waals surface area (Å²) in [7, 11) is 3.42. The first-order valence-electron chi connectivity index (χ1n) is 15.9. The molecule has 1 N–H and O–H groups in total. The maximum absolute atomic E-state index is 13.3. The predicted molar refractivity (Wildman–Crippen MR) is 195 cm³/mol. The van der Waals surface area contributed by atoms with Gasteiger partial charge in [0.05, 0.1) is 10.0 Å². The van der Waals surface area contributed by atoms with Gasteiger partial charge in [-0.05, 0) is 79.1 Å². The Morgan fingerprint density at radius 3 is 1.75 bits per heavy atom. The third-order valence-corrected chi connectivity index (χ3v) is 8.55. The molecule has 6 rings (SSSR count). The summed E-state index contributed by atoms with van der Waals surface area (Å²) in [4.78, 5) is 49.3. The van der Waals surface area contributed by atoms with Gasteiger partial charge in [-0.1, -0.05) is 42.3 Å². The van der Waals surface area contributed by atoms with Gasteiger partial charge in [0.15, 0.2) is 0 Å². The molecule has 2 aromatic heterocycles. The number of benzene rings is 4. The average molecular weight is 734 g/mol. The molecule has 8 nitrogen and oxygen atoms in total. The van der Waals surface area contributed by atoms with Crippen molar-refractivity contribution in [1.29, 1.82) is 0 Å². The second kappa shape index (κ2) is 16.1. The van der Waals surface area contributed by atoms with Gasteiger partial charge in [-0.3, -0.25) is 9.59 Å². The molecule has 12 heteroatoms. The van der Waals surface area contributed by atoms with Gasteiger partial charge >= 0.3 is 11.3 Å². The molecule has 4 aromatic carbocycles. The number of fused-ring (bicyclic) bond motifs is 2. The molecule has 0 aliphatic heterocycles. The van der Waals surface area contributed by atoms with Crippen LogP contribution in [0.15, 0.2) is 103 Å². The summed E-state index contributed by atoms with van der Waals surface area (Å²) in [6.45, 7) is 2.52. The van der Waals surface area contributed by atoms with Crippen LogP contribution in [-0.2, 0) is 11.2 Å². The fraction of sp³-hybridized carbons (Fsp3) is 0.179. The van der Waals surface area contributed by atoms with E-state index in [2.05, 4.69) is 5.32 Å². The molecule has 51 heavy (non-hydrogen) atoms. The number of amides is 2. The highest BCUT2D eigenvalue weighted by Gasteiger charge is 2.15. The Balaban J connectivity index is 0.000000198. The number of hydrogen-bond donors (Lipinski definition) is 1. The highest BCUT2D eigenvalue weighted by molar-refractivity contribution is 6.34. The third-order valence-electron chi connectivity index (χ3n) is 7.92. The van der Waals surface area contributed by atoms with Crippen molar-refractivity contribution >= 4 is 57.0 Å². The summed E-state index contributed by atoms with van der Waals surface area (Å²) < 4.78 is 37.2. The minimum absolute atomic E-state index is 0.0263. The van der Waals surface area contributed by atoms with Crippen LogP contribution in [-0.4, -0.2) is 37.4 Å². The lowest BCUT2D eigenvalue weighted by Crippen LogP contribution is -2.23. The van der Waals surface area contributed by atoms with Crippen LogP contribution in [0.4, 0.5) is 8.78 Å². The summed E-state index contributed by atoms with van der Waals surface area (Å²) in [5, 5.41) is 4.49. The van der Waals surface area contributed by atoms with Gasteiger partial charge in [0, 0.05) is 77.8 Å². The molecule has 0 bridgehead atoms. The summed E-state index contributed by atoms with van der Waals surface area (Å²) in [5.74, 6) is -1.12. The highest BCUT2D eigenvalue weighted by Crippen LogP contribution is 2.35. The standard InChI is InChI=1S/C20H17ClFNO3.C19H15ClFNO3/c1-23(2)19(24)8-4-12-3-6-15-16(11-20(25)26-18(15)9-12)14-7-5-13(22)10-17(14)21;1-2-7-22-19(24)11-3-5-14-15(10-18(23)25-17(14)8-11)13-6-4-12(21)9-16(13)20/h3,5-7,9-11H,4,8H2,1-2H3;3-6,8-10H,2,7H2,1H3,(H,22,24). The molecule has 0 radical (unpaired) electrons. The molecular formula is C39H32Cl2F2N2O6. The first kappa shape index (κ1) is 36.9. The fourth-order valence-electron chi connectivity index (χ4n) is 5.34. The summed E-state index contributed by atoms with van der Waals surface area (Å²) >= 11 is 12.3. The molecular weight excluding hydrogens is 701 g/mol. The minimum Gasteiger partial charge on any atom is -0.423 e. The van der Waals surface area contributed by atoms with Crippen LogP contribution in [0.3, 0.4) is 0 Å². The Morgan fingerprint density at radius 2 is 1.24 bits per heavy atom. The Bertz CT molecular complexity index is 2390. The van der Waals surface area contributed by atoms with Gasteiger partial charge in [0.2, 0.25) is 5.91 Å². The smallest absolute Gasteiger partial charge is 0.336 e. The van der Waals surface area contributed by atoms with Crippen LogP contribution in [0.5, 0.6) is 0 Å². The van der Waals surface area contributed by atoms with Crippen LogP contribution in [0, 0.1) is 11.6 Å². The minimum atomic E-state index is -0.575. The number of carbonyl (C=O) groups excluding carboxylic acids is 2. The molecule has 2 heterocycles. The number of nitrogens with one attached hydrogen (secondary N) is 1. The van der Waals surface area contributed by atoms with E-state index in [4.69, 9.17) is 32.0 Å². The zero-order valence-electron chi connectivity index (χ0n) is 27.8. The van der Waals surface area contributed by atoms with Gasteiger partial charge in [0.25, 0.3) is 5.91 Å². The summed E-state index contributed by atoms with van der Waals surface area (Å²) in [5.41, 5.74) is 3.04. The van der Waals surface area contributed by atoms with E-state index < -0.39 is 22.9 Å². The van der Waals surface area contributed by atoms with Crippen molar-refractivity contribution in [2.24, 2.45) is 0 Å². The molecule has 0 saturated heterocycles. The topological polar surface area (TPSA) is 110 Å². The van der Waals surface area contributed by atoms with E-state index in [-0.39, 0.29) is 27.4 Å². The number of hydrogen-bond acceptors (Lipinski definition) is 6. The molecule has 262 valence electrons. The second-order valence-corrected chi connectivity index (χ2v) is 12.6. The Kier molecular flexibility index (Phi) is 11.7. The van der Waals surface area contributed by atoms with E-state index in [1.807, 2.05) is 19.1 Å². The van der Waals surface area contributed by atoms with Crippen LogP contribution in [0.1, 0.15) is 35.7 Å². The van der Waals surface area contributed by atoms with Crippen molar-refractivity contribution in [3.63, 3.8) is 0 Å². The SMILES string of the molecule is CCCNC(=O)c1ccc2c(-c3ccc(F)cc3Cl)cc(=O)oc2c1.CN(C)C(=O)CCc1ccc2c(-c3ccc(F)cc3Cl)cc(=O)oc2c1. The van der Waals surface area contributed by atoms with Crippen molar-refractivity contribution in [3.8, 4) is 22.3 Å². The second-order valence-electron chi connectivity index (χ2n) is 11.8. The molecule has 0 saturated carbocycles. The maximum Gasteiger partial charge on any atom is 0.336 e. The molecule has 0 fully saturated rings. The normalized spacial score (nSPS) is 10.9.